The van der Waals surface area contributed by atoms with Crippen LogP contribution in [-0.2, 0) is 16.3 Å². The zero-order valence-corrected chi connectivity index (χ0v) is 12.9. The standard InChI is InChI=1S/C17H20O3S/c1-21(19,20)16-11-6-10-15(13-16)17(18)12-5-9-14-7-3-2-4-8-14/h2-4,6-8,10-11,13,17-18H,5,9,12H2,1H3. The number of aryl methyl sites for hydroxylation is 1. The predicted molar refractivity (Wildman–Crippen MR) is 83.9 cm³/mol. The van der Waals surface area contributed by atoms with Crippen LogP contribution in [0, 0.1) is 0 Å². The second-order valence-corrected chi connectivity index (χ2v) is 7.25. The van der Waals surface area contributed by atoms with Gasteiger partial charge in [-0.25, -0.2) is 8.42 Å². The van der Waals surface area contributed by atoms with E-state index in [-0.39, 0.29) is 4.90 Å². The minimum Gasteiger partial charge on any atom is -0.388 e. The molecule has 0 saturated carbocycles. The summed E-state index contributed by atoms with van der Waals surface area (Å²) < 4.78 is 23.1. The summed E-state index contributed by atoms with van der Waals surface area (Å²) in [6, 6.07) is 16.7. The molecule has 0 aliphatic heterocycles. The van der Waals surface area contributed by atoms with Crippen molar-refractivity contribution in [3.8, 4) is 0 Å². The molecule has 4 heteroatoms. The van der Waals surface area contributed by atoms with Crippen LogP contribution in [0.2, 0.25) is 0 Å². The monoisotopic (exact) mass is 304 g/mol. The van der Waals surface area contributed by atoms with Gasteiger partial charge in [0.15, 0.2) is 9.84 Å². The van der Waals surface area contributed by atoms with E-state index in [0.717, 1.165) is 12.8 Å². The lowest BCUT2D eigenvalue weighted by Crippen LogP contribution is -2.02. The highest BCUT2D eigenvalue weighted by Crippen LogP contribution is 2.22. The van der Waals surface area contributed by atoms with Crippen molar-refractivity contribution in [3.05, 3.63) is 65.7 Å². The summed E-state index contributed by atoms with van der Waals surface area (Å²) in [4.78, 5) is 0.252. The zero-order chi connectivity index (χ0) is 15.3. The molecule has 0 aliphatic carbocycles. The topological polar surface area (TPSA) is 54.4 Å². The van der Waals surface area contributed by atoms with Crippen molar-refractivity contribution in [2.24, 2.45) is 0 Å². The molecule has 0 fully saturated rings. The molecule has 21 heavy (non-hydrogen) atoms. The fourth-order valence-corrected chi connectivity index (χ4v) is 2.94. The number of aliphatic hydroxyl groups excluding tert-OH is 1. The number of aliphatic hydroxyl groups is 1. The van der Waals surface area contributed by atoms with E-state index in [1.807, 2.05) is 18.2 Å². The van der Waals surface area contributed by atoms with E-state index < -0.39 is 15.9 Å². The van der Waals surface area contributed by atoms with E-state index in [0.29, 0.717) is 12.0 Å². The summed E-state index contributed by atoms with van der Waals surface area (Å²) in [7, 11) is -3.23. The Morgan fingerprint density at radius 3 is 2.43 bits per heavy atom. The van der Waals surface area contributed by atoms with Gasteiger partial charge in [0.1, 0.15) is 0 Å². The second-order valence-electron chi connectivity index (χ2n) is 5.24. The van der Waals surface area contributed by atoms with E-state index in [1.54, 1.807) is 24.3 Å². The molecule has 0 aromatic heterocycles. The average molecular weight is 304 g/mol. The van der Waals surface area contributed by atoms with Crippen LogP contribution in [-0.4, -0.2) is 19.8 Å². The lowest BCUT2D eigenvalue weighted by molar-refractivity contribution is 0.164. The van der Waals surface area contributed by atoms with Gasteiger partial charge in [-0.05, 0) is 42.5 Å². The SMILES string of the molecule is CS(=O)(=O)c1cccc(C(O)CCCc2ccccc2)c1. The second kappa shape index (κ2) is 6.87. The van der Waals surface area contributed by atoms with Crippen molar-refractivity contribution >= 4 is 9.84 Å². The molecule has 0 bridgehead atoms. The van der Waals surface area contributed by atoms with Crippen LogP contribution in [0.3, 0.4) is 0 Å². The minimum absolute atomic E-state index is 0.252. The third kappa shape index (κ3) is 4.69. The molecular weight excluding hydrogens is 284 g/mol. The van der Waals surface area contributed by atoms with Crippen LogP contribution in [0.1, 0.15) is 30.1 Å². The highest BCUT2D eigenvalue weighted by atomic mass is 32.2. The van der Waals surface area contributed by atoms with Gasteiger partial charge in [0.2, 0.25) is 0 Å². The Bertz CT molecular complexity index is 678. The van der Waals surface area contributed by atoms with E-state index in [9.17, 15) is 13.5 Å². The van der Waals surface area contributed by atoms with Gasteiger partial charge in [-0.1, -0.05) is 42.5 Å². The molecule has 3 nitrogen and oxygen atoms in total. The predicted octanol–water partition coefficient (Wildman–Crippen LogP) is 3.15. The lowest BCUT2D eigenvalue weighted by Gasteiger charge is -2.12. The van der Waals surface area contributed by atoms with Crippen LogP contribution < -0.4 is 0 Å². The van der Waals surface area contributed by atoms with Gasteiger partial charge >= 0.3 is 0 Å². The van der Waals surface area contributed by atoms with E-state index >= 15 is 0 Å². The zero-order valence-electron chi connectivity index (χ0n) is 12.1. The number of hydrogen-bond donors (Lipinski definition) is 1. The third-order valence-electron chi connectivity index (χ3n) is 3.46. The first-order chi connectivity index (χ1) is 9.97. The van der Waals surface area contributed by atoms with Crippen LogP contribution in [0.25, 0.3) is 0 Å². The van der Waals surface area contributed by atoms with Crippen molar-refractivity contribution in [2.75, 3.05) is 6.26 Å². The van der Waals surface area contributed by atoms with Gasteiger partial charge in [0, 0.05) is 6.26 Å². The summed E-state index contributed by atoms with van der Waals surface area (Å²) in [5.41, 5.74) is 1.90. The molecule has 2 aromatic carbocycles. The summed E-state index contributed by atoms with van der Waals surface area (Å²) >= 11 is 0. The molecule has 0 aliphatic rings. The fraction of sp³-hybridized carbons (Fsp3) is 0.294. The molecule has 112 valence electrons. The molecule has 0 spiro atoms. The maximum atomic E-state index is 11.5. The van der Waals surface area contributed by atoms with Gasteiger partial charge in [-0.15, -0.1) is 0 Å². The van der Waals surface area contributed by atoms with Crippen LogP contribution in [0.4, 0.5) is 0 Å². The molecule has 1 N–H and O–H groups in total. The highest BCUT2D eigenvalue weighted by Gasteiger charge is 2.12. The van der Waals surface area contributed by atoms with Gasteiger partial charge in [-0.3, -0.25) is 0 Å². The lowest BCUT2D eigenvalue weighted by atomic mass is 10.0. The molecule has 2 aromatic rings. The van der Waals surface area contributed by atoms with Crippen molar-refractivity contribution in [1.29, 1.82) is 0 Å². The minimum atomic E-state index is -3.23. The van der Waals surface area contributed by atoms with Crippen molar-refractivity contribution in [1.82, 2.24) is 0 Å². The Labute approximate surface area is 126 Å². The van der Waals surface area contributed by atoms with E-state index in [1.165, 1.54) is 11.8 Å². The first kappa shape index (κ1) is 15.7. The molecule has 0 saturated heterocycles. The number of rotatable bonds is 6. The van der Waals surface area contributed by atoms with Crippen molar-refractivity contribution < 1.29 is 13.5 Å². The van der Waals surface area contributed by atoms with Gasteiger partial charge in [0.05, 0.1) is 11.0 Å². The third-order valence-corrected chi connectivity index (χ3v) is 4.57. The molecule has 0 heterocycles. The Balaban J connectivity index is 1.96. The first-order valence-corrected chi connectivity index (χ1v) is 8.88. The quantitative estimate of drug-likeness (QED) is 0.892. The van der Waals surface area contributed by atoms with Gasteiger partial charge in [-0.2, -0.15) is 0 Å². The Hall–Kier alpha value is -1.65. The number of hydrogen-bond acceptors (Lipinski definition) is 3. The smallest absolute Gasteiger partial charge is 0.175 e. The van der Waals surface area contributed by atoms with E-state index in [2.05, 4.69) is 12.1 Å². The molecule has 1 unspecified atom stereocenters. The molecular formula is C17H20O3S. The maximum Gasteiger partial charge on any atom is 0.175 e. The Morgan fingerprint density at radius 2 is 1.76 bits per heavy atom. The molecule has 0 radical (unpaired) electrons. The van der Waals surface area contributed by atoms with Gasteiger partial charge < -0.3 is 5.11 Å². The number of benzene rings is 2. The first-order valence-electron chi connectivity index (χ1n) is 6.99. The summed E-state index contributed by atoms with van der Waals surface area (Å²) in [5.74, 6) is 0. The van der Waals surface area contributed by atoms with Crippen LogP contribution in [0.15, 0.2) is 59.5 Å². The van der Waals surface area contributed by atoms with E-state index in [4.69, 9.17) is 0 Å². The Kier molecular flexibility index (Phi) is 5.15. The molecule has 0 amide bonds. The molecule has 2 rings (SSSR count). The summed E-state index contributed by atoms with van der Waals surface area (Å²) in [6.45, 7) is 0. The summed E-state index contributed by atoms with van der Waals surface area (Å²) in [6.07, 6.45) is 2.92. The normalized spacial score (nSPS) is 13.0. The Morgan fingerprint density at radius 1 is 1.05 bits per heavy atom. The largest absolute Gasteiger partial charge is 0.388 e. The van der Waals surface area contributed by atoms with Crippen LogP contribution >= 0.6 is 0 Å². The van der Waals surface area contributed by atoms with Crippen LogP contribution in [0.5, 0.6) is 0 Å². The maximum absolute atomic E-state index is 11.5. The average Bonchev–Trinajstić information content (AvgIpc) is 2.47. The molecule has 1 atom stereocenters. The van der Waals surface area contributed by atoms with Gasteiger partial charge in [0.25, 0.3) is 0 Å². The number of sulfone groups is 1. The summed E-state index contributed by atoms with van der Waals surface area (Å²) in [5, 5.41) is 10.2. The fourth-order valence-electron chi connectivity index (χ4n) is 2.26. The van der Waals surface area contributed by atoms with Crippen molar-refractivity contribution in [3.63, 3.8) is 0 Å². The highest BCUT2D eigenvalue weighted by molar-refractivity contribution is 7.90. The van der Waals surface area contributed by atoms with Crippen molar-refractivity contribution in [2.45, 2.75) is 30.3 Å².